The van der Waals surface area contributed by atoms with Crippen LogP contribution >= 0.6 is 0 Å². The van der Waals surface area contributed by atoms with Crippen molar-refractivity contribution in [2.45, 2.75) is 45.6 Å². The largest absolute Gasteiger partial charge is 0.350 e. The summed E-state index contributed by atoms with van der Waals surface area (Å²) in [4.78, 5) is 26.4. The van der Waals surface area contributed by atoms with Crippen molar-refractivity contribution in [3.63, 3.8) is 0 Å². The Morgan fingerprint density at radius 1 is 1.21 bits per heavy atom. The number of hydrogen-bond acceptors (Lipinski definition) is 3. The minimum Gasteiger partial charge on any atom is -0.350 e. The van der Waals surface area contributed by atoms with Gasteiger partial charge in [0.1, 0.15) is 0 Å². The lowest BCUT2D eigenvalue weighted by atomic mass is 9.87. The van der Waals surface area contributed by atoms with Crippen LogP contribution in [-0.4, -0.2) is 48.9 Å². The van der Waals surface area contributed by atoms with Crippen molar-refractivity contribution >= 4 is 11.8 Å². The topological polar surface area (TPSA) is 61.4 Å². The normalized spacial score (nSPS) is 18.4. The Balaban J connectivity index is 1.79. The number of nitrogens with zero attached hydrogens (tertiary/aromatic N) is 1. The van der Waals surface area contributed by atoms with Crippen LogP contribution in [0.3, 0.4) is 0 Å². The Labute approximate surface area is 144 Å². The van der Waals surface area contributed by atoms with E-state index in [4.69, 9.17) is 0 Å². The molecule has 2 amide bonds. The van der Waals surface area contributed by atoms with Gasteiger partial charge in [0, 0.05) is 24.7 Å². The molecule has 5 heteroatoms. The van der Waals surface area contributed by atoms with Crippen molar-refractivity contribution in [3.8, 4) is 0 Å². The zero-order valence-corrected chi connectivity index (χ0v) is 15.2. The smallest absolute Gasteiger partial charge is 0.251 e. The Hall–Kier alpha value is -1.88. The van der Waals surface area contributed by atoms with E-state index in [1.165, 1.54) is 5.56 Å². The number of carbonyl (C=O) groups excluding carboxylic acids is 2. The Kier molecular flexibility index (Phi) is 5.99. The molecule has 0 spiro atoms. The molecular weight excluding hydrogens is 302 g/mol. The second-order valence-corrected chi connectivity index (χ2v) is 7.46. The third-order valence-electron chi connectivity index (χ3n) is 4.51. The van der Waals surface area contributed by atoms with Crippen molar-refractivity contribution in [1.29, 1.82) is 0 Å². The lowest BCUT2D eigenvalue weighted by Gasteiger charge is -2.19. The Bertz CT molecular complexity index is 575. The molecule has 0 aliphatic carbocycles. The molecule has 1 heterocycles. The van der Waals surface area contributed by atoms with Crippen LogP contribution in [0.2, 0.25) is 0 Å². The van der Waals surface area contributed by atoms with Crippen molar-refractivity contribution in [3.05, 3.63) is 35.4 Å². The van der Waals surface area contributed by atoms with E-state index in [2.05, 4.69) is 43.2 Å². The molecule has 0 saturated carbocycles. The number of likely N-dealkylation sites (N-methyl/N-ethyl adjacent to an activating group) is 1. The third kappa shape index (κ3) is 5.06. The molecule has 1 atom stereocenters. The lowest BCUT2D eigenvalue weighted by molar-refractivity contribution is -0.120. The number of hydrogen-bond donors (Lipinski definition) is 2. The van der Waals surface area contributed by atoms with Crippen molar-refractivity contribution < 1.29 is 9.59 Å². The van der Waals surface area contributed by atoms with E-state index in [-0.39, 0.29) is 29.8 Å². The lowest BCUT2D eigenvalue weighted by Crippen LogP contribution is -2.43. The van der Waals surface area contributed by atoms with Gasteiger partial charge in [-0.05, 0) is 36.1 Å². The van der Waals surface area contributed by atoms with Gasteiger partial charge in [-0.2, -0.15) is 0 Å². The Morgan fingerprint density at radius 2 is 1.88 bits per heavy atom. The first kappa shape index (κ1) is 18.5. The summed E-state index contributed by atoms with van der Waals surface area (Å²) < 4.78 is 0. The first-order valence-electron chi connectivity index (χ1n) is 8.70. The maximum atomic E-state index is 12.1. The second-order valence-electron chi connectivity index (χ2n) is 7.46. The SMILES string of the molecule is CCN1CCC(NC(=O)CNC(=O)c2ccc(C(C)(C)C)cc2)C1. The molecule has 2 N–H and O–H groups in total. The van der Waals surface area contributed by atoms with Gasteiger partial charge in [0.05, 0.1) is 6.54 Å². The second kappa shape index (κ2) is 7.79. The zero-order valence-electron chi connectivity index (χ0n) is 15.2. The number of likely N-dealkylation sites (tertiary alicyclic amines) is 1. The van der Waals surface area contributed by atoms with Gasteiger partial charge in [-0.3, -0.25) is 9.59 Å². The van der Waals surface area contributed by atoms with Crippen LogP contribution in [0.1, 0.15) is 50.0 Å². The average molecular weight is 331 g/mol. The van der Waals surface area contributed by atoms with Gasteiger partial charge in [-0.15, -0.1) is 0 Å². The highest BCUT2D eigenvalue weighted by atomic mass is 16.2. The van der Waals surface area contributed by atoms with Crippen LogP contribution in [0, 0.1) is 0 Å². The summed E-state index contributed by atoms with van der Waals surface area (Å²) in [5, 5.41) is 5.68. The van der Waals surface area contributed by atoms with E-state index in [1.54, 1.807) is 0 Å². The summed E-state index contributed by atoms with van der Waals surface area (Å²) in [6.45, 7) is 11.5. The number of nitrogens with one attached hydrogen (secondary N) is 2. The summed E-state index contributed by atoms with van der Waals surface area (Å²) in [7, 11) is 0. The third-order valence-corrected chi connectivity index (χ3v) is 4.51. The molecule has 1 saturated heterocycles. The molecule has 2 rings (SSSR count). The van der Waals surface area contributed by atoms with E-state index < -0.39 is 0 Å². The monoisotopic (exact) mass is 331 g/mol. The number of carbonyl (C=O) groups is 2. The standard InChI is InChI=1S/C19H29N3O2/c1-5-22-11-10-16(13-22)21-17(23)12-20-18(24)14-6-8-15(9-7-14)19(2,3)4/h6-9,16H,5,10-13H2,1-4H3,(H,20,24)(H,21,23). The van der Waals surface area contributed by atoms with Crippen LogP contribution in [0.5, 0.6) is 0 Å². The summed E-state index contributed by atoms with van der Waals surface area (Å²) in [5.74, 6) is -0.343. The Morgan fingerprint density at radius 3 is 2.42 bits per heavy atom. The minimum absolute atomic E-state index is 0.0163. The number of benzene rings is 1. The van der Waals surface area contributed by atoms with Crippen LogP contribution in [0.4, 0.5) is 0 Å². The van der Waals surface area contributed by atoms with Gasteiger partial charge in [0.2, 0.25) is 5.91 Å². The summed E-state index contributed by atoms with van der Waals surface area (Å²) in [6, 6.07) is 7.74. The van der Waals surface area contributed by atoms with Crippen molar-refractivity contribution in [1.82, 2.24) is 15.5 Å². The fourth-order valence-corrected chi connectivity index (χ4v) is 2.90. The highest BCUT2D eigenvalue weighted by Gasteiger charge is 2.22. The maximum Gasteiger partial charge on any atom is 0.251 e. The van der Waals surface area contributed by atoms with E-state index in [1.807, 2.05) is 24.3 Å². The van der Waals surface area contributed by atoms with E-state index >= 15 is 0 Å². The fraction of sp³-hybridized carbons (Fsp3) is 0.579. The molecule has 0 aromatic heterocycles. The molecule has 1 unspecified atom stereocenters. The molecule has 1 aromatic rings. The zero-order chi connectivity index (χ0) is 17.7. The average Bonchev–Trinajstić information content (AvgIpc) is 2.99. The molecule has 1 fully saturated rings. The molecule has 5 nitrogen and oxygen atoms in total. The predicted molar refractivity (Wildman–Crippen MR) is 96.1 cm³/mol. The summed E-state index contributed by atoms with van der Waals surface area (Å²) >= 11 is 0. The van der Waals surface area contributed by atoms with E-state index in [9.17, 15) is 9.59 Å². The number of amides is 2. The molecule has 24 heavy (non-hydrogen) atoms. The van der Waals surface area contributed by atoms with Gasteiger partial charge in [-0.25, -0.2) is 0 Å². The highest BCUT2D eigenvalue weighted by Crippen LogP contribution is 2.22. The molecule has 1 aromatic carbocycles. The van der Waals surface area contributed by atoms with E-state index in [0.29, 0.717) is 5.56 Å². The van der Waals surface area contributed by atoms with Crippen LogP contribution in [-0.2, 0) is 10.2 Å². The molecule has 1 aliphatic heterocycles. The molecule has 1 aliphatic rings. The molecule has 132 valence electrons. The summed E-state index contributed by atoms with van der Waals surface area (Å²) in [5.41, 5.74) is 1.81. The van der Waals surface area contributed by atoms with E-state index in [0.717, 1.165) is 26.1 Å². The number of rotatable bonds is 5. The highest BCUT2D eigenvalue weighted by molar-refractivity contribution is 5.96. The van der Waals surface area contributed by atoms with Gasteiger partial charge < -0.3 is 15.5 Å². The molecule has 0 bridgehead atoms. The molecular formula is C19H29N3O2. The fourth-order valence-electron chi connectivity index (χ4n) is 2.90. The maximum absolute atomic E-state index is 12.1. The van der Waals surface area contributed by atoms with Crippen molar-refractivity contribution in [2.24, 2.45) is 0 Å². The quantitative estimate of drug-likeness (QED) is 0.867. The van der Waals surface area contributed by atoms with Crippen molar-refractivity contribution in [2.75, 3.05) is 26.2 Å². The van der Waals surface area contributed by atoms with Gasteiger partial charge in [0.15, 0.2) is 0 Å². The van der Waals surface area contributed by atoms with Gasteiger partial charge in [-0.1, -0.05) is 39.8 Å². The first-order valence-corrected chi connectivity index (χ1v) is 8.70. The predicted octanol–water partition coefficient (Wildman–Crippen LogP) is 1.92. The molecule has 0 radical (unpaired) electrons. The van der Waals surface area contributed by atoms with Crippen LogP contribution in [0.25, 0.3) is 0 Å². The van der Waals surface area contributed by atoms with Crippen LogP contribution < -0.4 is 10.6 Å². The summed E-state index contributed by atoms with van der Waals surface area (Å²) in [6.07, 6.45) is 0.974. The van der Waals surface area contributed by atoms with Gasteiger partial charge in [0.25, 0.3) is 5.91 Å². The van der Waals surface area contributed by atoms with Gasteiger partial charge >= 0.3 is 0 Å². The van der Waals surface area contributed by atoms with Crippen LogP contribution in [0.15, 0.2) is 24.3 Å². The first-order chi connectivity index (χ1) is 11.3. The minimum atomic E-state index is -0.216.